The van der Waals surface area contributed by atoms with Gasteiger partial charge in [0.05, 0.1) is 5.39 Å². The van der Waals surface area contributed by atoms with Crippen molar-refractivity contribution in [1.82, 2.24) is 15.0 Å². The number of aryl methyl sites for hydroxylation is 2. The van der Waals surface area contributed by atoms with Gasteiger partial charge in [0.15, 0.2) is 5.82 Å². The molecule has 3 rings (SSSR count). The quantitative estimate of drug-likeness (QED) is 0.794. The van der Waals surface area contributed by atoms with E-state index in [2.05, 4.69) is 39.3 Å². The van der Waals surface area contributed by atoms with Gasteiger partial charge in [-0.1, -0.05) is 6.07 Å². The lowest BCUT2D eigenvalue weighted by molar-refractivity contribution is 1.12. The molecule has 0 aliphatic heterocycles. The summed E-state index contributed by atoms with van der Waals surface area (Å²) in [5, 5.41) is 6.42. The van der Waals surface area contributed by atoms with E-state index in [0.717, 1.165) is 39.4 Å². The molecule has 3 aromatic rings. The Morgan fingerprint density at radius 3 is 2.85 bits per heavy atom. The molecule has 1 N–H and O–H groups in total. The molecular formula is C15H16N4S. The van der Waals surface area contributed by atoms with Crippen LogP contribution in [-0.2, 0) is 0 Å². The Balaban J connectivity index is 2.20. The summed E-state index contributed by atoms with van der Waals surface area (Å²) in [6, 6.07) is 4.16. The van der Waals surface area contributed by atoms with Crippen molar-refractivity contribution in [3.05, 3.63) is 34.8 Å². The topological polar surface area (TPSA) is 50.7 Å². The molecule has 0 spiro atoms. The Bertz CT molecular complexity index is 764. The van der Waals surface area contributed by atoms with Crippen molar-refractivity contribution >= 4 is 27.4 Å². The van der Waals surface area contributed by atoms with Gasteiger partial charge in [0, 0.05) is 12.7 Å². The number of rotatable bonds is 3. The zero-order valence-corrected chi connectivity index (χ0v) is 12.6. The highest BCUT2D eigenvalue weighted by atomic mass is 32.1. The van der Waals surface area contributed by atoms with Gasteiger partial charge in [0.2, 0.25) is 0 Å². The van der Waals surface area contributed by atoms with E-state index in [-0.39, 0.29) is 0 Å². The van der Waals surface area contributed by atoms with Crippen molar-refractivity contribution in [2.75, 3.05) is 11.9 Å². The number of thiophene rings is 1. The summed E-state index contributed by atoms with van der Waals surface area (Å²) in [6.07, 6.45) is 1.86. The Labute approximate surface area is 121 Å². The predicted molar refractivity (Wildman–Crippen MR) is 84.3 cm³/mol. The third kappa shape index (κ3) is 2.25. The maximum atomic E-state index is 4.65. The Morgan fingerprint density at radius 2 is 2.10 bits per heavy atom. The average molecular weight is 284 g/mol. The summed E-state index contributed by atoms with van der Waals surface area (Å²) in [5.41, 5.74) is 3.10. The van der Waals surface area contributed by atoms with Crippen LogP contribution in [0.1, 0.15) is 18.1 Å². The third-order valence-electron chi connectivity index (χ3n) is 3.10. The van der Waals surface area contributed by atoms with Crippen molar-refractivity contribution in [2.45, 2.75) is 20.8 Å². The van der Waals surface area contributed by atoms with Gasteiger partial charge in [-0.2, -0.15) is 0 Å². The summed E-state index contributed by atoms with van der Waals surface area (Å²) in [5.74, 6) is 1.57. The van der Waals surface area contributed by atoms with E-state index in [1.165, 1.54) is 0 Å². The molecule has 0 radical (unpaired) electrons. The molecule has 0 fully saturated rings. The molecule has 0 saturated heterocycles. The Morgan fingerprint density at radius 1 is 1.25 bits per heavy atom. The second-order valence-electron chi connectivity index (χ2n) is 4.74. The minimum Gasteiger partial charge on any atom is -0.370 e. The molecule has 0 aliphatic rings. The van der Waals surface area contributed by atoms with Crippen molar-refractivity contribution in [3.8, 4) is 11.5 Å². The predicted octanol–water partition coefficient (Wildman–Crippen LogP) is 3.80. The Hall–Kier alpha value is -2.01. The number of aromatic nitrogens is 3. The lowest BCUT2D eigenvalue weighted by atomic mass is 10.1. The number of nitrogens with zero attached hydrogens (tertiary/aromatic N) is 3. The number of fused-ring (bicyclic) bond motifs is 1. The Kier molecular flexibility index (Phi) is 3.36. The standard InChI is InChI=1S/C15H16N4S/c1-4-16-13-11-5-6-20-15(11)19-14(18-13)12-10(3)7-9(2)8-17-12/h5-8H,4H2,1-3H3,(H,16,18,19). The SMILES string of the molecule is CCNc1nc(-c2ncc(C)cc2C)nc2sccc12. The highest BCUT2D eigenvalue weighted by molar-refractivity contribution is 7.16. The van der Waals surface area contributed by atoms with Crippen molar-refractivity contribution < 1.29 is 0 Å². The maximum absolute atomic E-state index is 4.65. The van der Waals surface area contributed by atoms with Crippen molar-refractivity contribution in [2.24, 2.45) is 0 Å². The number of hydrogen-bond donors (Lipinski definition) is 1. The molecule has 0 atom stereocenters. The molecule has 0 aromatic carbocycles. The van der Waals surface area contributed by atoms with Gasteiger partial charge in [-0.3, -0.25) is 4.98 Å². The number of nitrogens with one attached hydrogen (secondary N) is 1. The van der Waals surface area contributed by atoms with Crippen LogP contribution in [0.25, 0.3) is 21.7 Å². The summed E-state index contributed by atoms with van der Waals surface area (Å²) < 4.78 is 0. The number of anilines is 1. The van der Waals surface area contributed by atoms with Crippen LogP contribution < -0.4 is 5.32 Å². The number of pyridine rings is 1. The van der Waals surface area contributed by atoms with Crippen LogP contribution >= 0.6 is 11.3 Å². The maximum Gasteiger partial charge on any atom is 0.181 e. The van der Waals surface area contributed by atoms with Crippen LogP contribution in [0.4, 0.5) is 5.82 Å². The van der Waals surface area contributed by atoms with E-state index in [4.69, 9.17) is 0 Å². The molecule has 3 heterocycles. The van der Waals surface area contributed by atoms with Gasteiger partial charge >= 0.3 is 0 Å². The van der Waals surface area contributed by atoms with E-state index >= 15 is 0 Å². The fourth-order valence-corrected chi connectivity index (χ4v) is 2.98. The van der Waals surface area contributed by atoms with Crippen LogP contribution in [0.5, 0.6) is 0 Å². The average Bonchev–Trinajstić information content (AvgIpc) is 2.87. The molecule has 20 heavy (non-hydrogen) atoms. The molecule has 0 amide bonds. The molecule has 3 aromatic heterocycles. The van der Waals surface area contributed by atoms with Crippen LogP contribution in [0.3, 0.4) is 0 Å². The summed E-state index contributed by atoms with van der Waals surface area (Å²) in [6.45, 7) is 6.98. The molecule has 0 saturated carbocycles. The van der Waals surface area contributed by atoms with Gasteiger partial charge in [0.1, 0.15) is 16.3 Å². The van der Waals surface area contributed by atoms with Crippen LogP contribution in [0.2, 0.25) is 0 Å². The van der Waals surface area contributed by atoms with E-state index in [1.807, 2.05) is 25.4 Å². The van der Waals surface area contributed by atoms with Gasteiger partial charge in [-0.05, 0) is 43.3 Å². The second-order valence-corrected chi connectivity index (χ2v) is 5.64. The lowest BCUT2D eigenvalue weighted by Gasteiger charge is -2.08. The van der Waals surface area contributed by atoms with E-state index in [0.29, 0.717) is 5.82 Å². The first kappa shape index (κ1) is 13.0. The van der Waals surface area contributed by atoms with E-state index < -0.39 is 0 Å². The van der Waals surface area contributed by atoms with E-state index in [9.17, 15) is 0 Å². The largest absolute Gasteiger partial charge is 0.370 e. The lowest BCUT2D eigenvalue weighted by Crippen LogP contribution is -2.03. The fraction of sp³-hybridized carbons (Fsp3) is 0.267. The molecule has 102 valence electrons. The van der Waals surface area contributed by atoms with Crippen LogP contribution in [0.15, 0.2) is 23.7 Å². The molecule has 0 aliphatic carbocycles. The van der Waals surface area contributed by atoms with Crippen molar-refractivity contribution in [3.63, 3.8) is 0 Å². The minimum atomic E-state index is 0.688. The highest BCUT2D eigenvalue weighted by Crippen LogP contribution is 2.28. The second kappa shape index (κ2) is 5.17. The summed E-state index contributed by atoms with van der Waals surface area (Å²) in [7, 11) is 0. The first-order valence-electron chi connectivity index (χ1n) is 6.61. The molecule has 0 bridgehead atoms. The zero-order valence-electron chi connectivity index (χ0n) is 11.8. The molecular weight excluding hydrogens is 268 g/mol. The van der Waals surface area contributed by atoms with Crippen LogP contribution in [-0.4, -0.2) is 21.5 Å². The minimum absolute atomic E-state index is 0.688. The van der Waals surface area contributed by atoms with Gasteiger partial charge in [-0.25, -0.2) is 9.97 Å². The first-order chi connectivity index (χ1) is 9.69. The molecule has 5 heteroatoms. The molecule has 4 nitrogen and oxygen atoms in total. The smallest absolute Gasteiger partial charge is 0.181 e. The van der Waals surface area contributed by atoms with Gasteiger partial charge in [0.25, 0.3) is 0 Å². The highest BCUT2D eigenvalue weighted by Gasteiger charge is 2.12. The van der Waals surface area contributed by atoms with E-state index in [1.54, 1.807) is 11.3 Å². The van der Waals surface area contributed by atoms with Crippen molar-refractivity contribution in [1.29, 1.82) is 0 Å². The zero-order chi connectivity index (χ0) is 14.1. The van der Waals surface area contributed by atoms with Gasteiger partial charge in [-0.15, -0.1) is 11.3 Å². The van der Waals surface area contributed by atoms with Crippen LogP contribution in [0, 0.1) is 13.8 Å². The normalized spacial score (nSPS) is 10.9. The monoisotopic (exact) mass is 284 g/mol. The summed E-state index contributed by atoms with van der Waals surface area (Å²) in [4.78, 5) is 14.8. The first-order valence-corrected chi connectivity index (χ1v) is 7.49. The molecule has 0 unspecified atom stereocenters. The summed E-state index contributed by atoms with van der Waals surface area (Å²) >= 11 is 1.63. The fourth-order valence-electron chi connectivity index (χ4n) is 2.21. The third-order valence-corrected chi connectivity index (χ3v) is 3.90. The number of hydrogen-bond acceptors (Lipinski definition) is 5. The van der Waals surface area contributed by atoms with Gasteiger partial charge < -0.3 is 5.32 Å².